The van der Waals surface area contributed by atoms with E-state index in [1.807, 2.05) is 0 Å². The van der Waals surface area contributed by atoms with Crippen LogP contribution < -0.4 is 5.73 Å². The molecular formula is C10H13Cl2N3O3S2. The maximum atomic E-state index is 12.6. The molecule has 0 radical (unpaired) electrons. The Bertz CT molecular complexity index is 626. The summed E-state index contributed by atoms with van der Waals surface area (Å²) in [5, 5.41) is 11.4. The van der Waals surface area contributed by atoms with E-state index in [1.165, 1.54) is 10.4 Å². The van der Waals surface area contributed by atoms with Gasteiger partial charge in [-0.3, -0.25) is 0 Å². The zero-order valence-electron chi connectivity index (χ0n) is 10.3. The van der Waals surface area contributed by atoms with Crippen LogP contribution in [0.25, 0.3) is 0 Å². The largest absolute Gasteiger partial charge is 0.409 e. The molecule has 1 saturated carbocycles. The summed E-state index contributed by atoms with van der Waals surface area (Å²) < 4.78 is 27.0. The van der Waals surface area contributed by atoms with Crippen molar-refractivity contribution in [1.82, 2.24) is 4.31 Å². The van der Waals surface area contributed by atoms with Crippen molar-refractivity contribution in [2.24, 2.45) is 10.9 Å². The summed E-state index contributed by atoms with van der Waals surface area (Å²) in [6.07, 6.45) is 1.75. The maximum Gasteiger partial charge on any atom is 0.245 e. The lowest BCUT2D eigenvalue weighted by molar-refractivity contribution is 0.315. The number of hydrogen-bond acceptors (Lipinski definition) is 5. The molecule has 112 valence electrons. The lowest BCUT2D eigenvalue weighted by Crippen LogP contribution is -2.35. The van der Waals surface area contributed by atoms with Crippen LogP contribution in [0.3, 0.4) is 0 Å². The fourth-order valence-electron chi connectivity index (χ4n) is 1.76. The minimum absolute atomic E-state index is 0.0136. The number of rotatable bonds is 6. The highest BCUT2D eigenvalue weighted by molar-refractivity contribution is 7.89. The summed E-state index contributed by atoms with van der Waals surface area (Å²) >= 11 is 12.7. The molecule has 20 heavy (non-hydrogen) atoms. The first-order valence-electron chi connectivity index (χ1n) is 5.79. The van der Waals surface area contributed by atoms with Gasteiger partial charge in [-0.2, -0.15) is 4.31 Å². The molecule has 3 N–H and O–H groups in total. The van der Waals surface area contributed by atoms with Crippen molar-refractivity contribution >= 4 is 50.4 Å². The molecule has 0 saturated heterocycles. The van der Waals surface area contributed by atoms with Gasteiger partial charge in [0, 0.05) is 19.0 Å². The minimum Gasteiger partial charge on any atom is -0.409 e. The number of nitrogens with zero attached hydrogens (tertiary/aromatic N) is 2. The van der Waals surface area contributed by atoms with Gasteiger partial charge >= 0.3 is 0 Å². The van der Waals surface area contributed by atoms with Gasteiger partial charge in [-0.25, -0.2) is 8.42 Å². The molecule has 0 atom stereocenters. The lowest BCUT2D eigenvalue weighted by Gasteiger charge is -2.21. The Balaban J connectivity index is 2.26. The van der Waals surface area contributed by atoms with E-state index in [1.54, 1.807) is 0 Å². The summed E-state index contributed by atoms with van der Waals surface area (Å²) in [7, 11) is -3.72. The molecule has 10 heteroatoms. The quantitative estimate of drug-likeness (QED) is 0.353. The predicted molar refractivity (Wildman–Crippen MR) is 79.3 cm³/mol. The third-order valence-corrected chi connectivity index (χ3v) is 6.59. The van der Waals surface area contributed by atoms with Crippen LogP contribution in [0.4, 0.5) is 0 Å². The van der Waals surface area contributed by atoms with E-state index in [0.29, 0.717) is 4.34 Å². The molecule has 0 bridgehead atoms. The highest BCUT2D eigenvalue weighted by atomic mass is 35.5. The molecule has 0 amide bonds. The van der Waals surface area contributed by atoms with Crippen LogP contribution in [0.5, 0.6) is 0 Å². The van der Waals surface area contributed by atoms with Crippen LogP contribution in [-0.4, -0.2) is 36.4 Å². The van der Waals surface area contributed by atoms with Crippen LogP contribution >= 0.6 is 34.5 Å². The molecule has 2 rings (SSSR count). The zero-order valence-corrected chi connectivity index (χ0v) is 13.4. The van der Waals surface area contributed by atoms with Crippen LogP contribution in [0.2, 0.25) is 8.67 Å². The number of amidine groups is 1. The van der Waals surface area contributed by atoms with Gasteiger partial charge < -0.3 is 10.9 Å². The maximum absolute atomic E-state index is 12.6. The van der Waals surface area contributed by atoms with Gasteiger partial charge in [-0.15, -0.1) is 11.3 Å². The summed E-state index contributed by atoms with van der Waals surface area (Å²) in [6, 6.07) is 1.30. The van der Waals surface area contributed by atoms with Gasteiger partial charge in [0.25, 0.3) is 0 Å². The van der Waals surface area contributed by atoms with Crippen LogP contribution in [0.15, 0.2) is 16.1 Å². The van der Waals surface area contributed by atoms with Gasteiger partial charge in [-0.05, 0) is 18.9 Å². The number of thiophene rings is 1. The molecule has 1 aliphatic carbocycles. The Morgan fingerprint density at radius 1 is 1.55 bits per heavy atom. The topological polar surface area (TPSA) is 96.0 Å². The molecule has 0 spiro atoms. The summed E-state index contributed by atoms with van der Waals surface area (Å²) in [4.78, 5) is 0.0144. The smallest absolute Gasteiger partial charge is 0.245 e. The highest BCUT2D eigenvalue weighted by Gasteiger charge is 2.39. The van der Waals surface area contributed by atoms with Gasteiger partial charge in [0.15, 0.2) is 0 Å². The first kappa shape index (κ1) is 15.8. The van der Waals surface area contributed by atoms with Crippen molar-refractivity contribution < 1.29 is 13.6 Å². The number of nitrogens with two attached hydrogens (primary N) is 1. The van der Waals surface area contributed by atoms with Crippen LogP contribution in [0, 0.1) is 0 Å². The van der Waals surface area contributed by atoms with E-state index in [4.69, 9.17) is 34.1 Å². The normalized spacial score (nSPS) is 16.9. The zero-order chi connectivity index (χ0) is 14.9. The molecule has 0 aliphatic heterocycles. The third kappa shape index (κ3) is 3.37. The monoisotopic (exact) mass is 357 g/mol. The Morgan fingerprint density at radius 3 is 2.65 bits per heavy atom. The Kier molecular flexibility index (Phi) is 4.80. The first-order chi connectivity index (χ1) is 9.36. The van der Waals surface area contributed by atoms with Gasteiger partial charge in [-0.1, -0.05) is 28.4 Å². The summed E-state index contributed by atoms with van der Waals surface area (Å²) in [5.74, 6) is -0.0136. The van der Waals surface area contributed by atoms with Gasteiger partial charge in [0.1, 0.15) is 15.1 Å². The number of hydrogen-bond donors (Lipinski definition) is 2. The molecule has 1 aliphatic rings. The fraction of sp³-hybridized carbons (Fsp3) is 0.500. The van der Waals surface area contributed by atoms with E-state index in [2.05, 4.69) is 5.16 Å². The number of oxime groups is 1. The number of sulfonamides is 1. The van der Waals surface area contributed by atoms with E-state index in [-0.39, 0.29) is 34.1 Å². The molecule has 0 aromatic carbocycles. The SMILES string of the molecule is NC(CCN(C1CC1)S(=O)(=O)c1cc(Cl)sc1Cl)=NO. The predicted octanol–water partition coefficient (Wildman–Crippen LogP) is 2.34. The number of halogens is 2. The van der Waals surface area contributed by atoms with Crippen LogP contribution in [-0.2, 0) is 10.0 Å². The second-order valence-corrected chi connectivity index (χ2v) is 8.52. The van der Waals surface area contributed by atoms with Crippen molar-refractivity contribution in [3.63, 3.8) is 0 Å². The third-order valence-electron chi connectivity index (χ3n) is 2.88. The average molecular weight is 358 g/mol. The van der Waals surface area contributed by atoms with E-state index >= 15 is 0 Å². The molecule has 1 aromatic rings. The van der Waals surface area contributed by atoms with E-state index in [0.717, 1.165) is 24.2 Å². The van der Waals surface area contributed by atoms with Crippen molar-refractivity contribution in [2.45, 2.75) is 30.2 Å². The molecule has 1 aromatic heterocycles. The lowest BCUT2D eigenvalue weighted by atomic mass is 10.4. The Morgan fingerprint density at radius 2 is 2.20 bits per heavy atom. The molecule has 1 fully saturated rings. The standard InChI is InChI=1S/C10H13Cl2N3O3S2/c11-8-5-7(10(12)19-8)20(17,18)15(6-1-2-6)4-3-9(13)14-16/h5-6,16H,1-4H2,(H2,13,14). The van der Waals surface area contributed by atoms with Crippen molar-refractivity contribution in [1.29, 1.82) is 0 Å². The van der Waals surface area contributed by atoms with Crippen LogP contribution in [0.1, 0.15) is 19.3 Å². The first-order valence-corrected chi connectivity index (χ1v) is 8.80. The molecule has 0 unspecified atom stereocenters. The molecule has 6 nitrogen and oxygen atoms in total. The summed E-state index contributed by atoms with van der Waals surface area (Å²) in [5.41, 5.74) is 5.39. The van der Waals surface area contributed by atoms with Crippen molar-refractivity contribution in [2.75, 3.05) is 6.54 Å². The highest BCUT2D eigenvalue weighted by Crippen LogP contribution is 2.39. The second kappa shape index (κ2) is 6.07. The Hall–Kier alpha value is -0.540. The van der Waals surface area contributed by atoms with Crippen molar-refractivity contribution in [3.05, 3.63) is 14.7 Å². The van der Waals surface area contributed by atoms with Crippen molar-refractivity contribution in [3.8, 4) is 0 Å². The summed E-state index contributed by atoms with van der Waals surface area (Å²) in [6.45, 7) is 0.146. The fourth-order valence-corrected chi connectivity index (χ4v) is 5.56. The van der Waals surface area contributed by atoms with E-state index in [9.17, 15) is 8.42 Å². The Labute approximate surface area is 130 Å². The average Bonchev–Trinajstić information content (AvgIpc) is 3.14. The second-order valence-electron chi connectivity index (χ2n) is 4.38. The van der Waals surface area contributed by atoms with Gasteiger partial charge in [0.2, 0.25) is 10.0 Å². The minimum atomic E-state index is -3.72. The molecule has 1 heterocycles. The van der Waals surface area contributed by atoms with E-state index < -0.39 is 10.0 Å². The van der Waals surface area contributed by atoms with Gasteiger partial charge in [0.05, 0.1) is 4.34 Å². The molecular weight excluding hydrogens is 345 g/mol.